The van der Waals surface area contributed by atoms with Crippen molar-refractivity contribution in [3.8, 4) is 0 Å². The smallest absolute Gasteiger partial charge is 0.0438 e. The van der Waals surface area contributed by atoms with Gasteiger partial charge in [0.1, 0.15) is 0 Å². The van der Waals surface area contributed by atoms with Crippen LogP contribution in [0.5, 0.6) is 0 Å². The third-order valence-electron chi connectivity index (χ3n) is 3.19. The highest BCUT2D eigenvalue weighted by atomic mass is 14.7. The molecule has 0 aliphatic rings. The standard InChI is InChI=1S/C16H20N2/c1-2-3-8-14(16-10-5-7-12-18-16)13-15-9-4-6-11-17-15/h4-7,9-12,14H,2-3,8,13H2,1H3. The lowest BCUT2D eigenvalue weighted by Crippen LogP contribution is -2.06. The average Bonchev–Trinajstić information content (AvgIpc) is 2.45. The third-order valence-corrected chi connectivity index (χ3v) is 3.19. The lowest BCUT2D eigenvalue weighted by Gasteiger charge is -2.15. The molecular formula is C16H20N2. The largest absolute Gasteiger partial charge is 0.261 e. The molecule has 2 aromatic rings. The molecule has 0 aliphatic heterocycles. The van der Waals surface area contributed by atoms with Gasteiger partial charge >= 0.3 is 0 Å². The van der Waals surface area contributed by atoms with E-state index in [4.69, 9.17) is 0 Å². The molecule has 2 heterocycles. The second-order valence-electron chi connectivity index (χ2n) is 4.62. The molecule has 2 heteroatoms. The molecule has 0 N–H and O–H groups in total. The van der Waals surface area contributed by atoms with Gasteiger partial charge in [0, 0.05) is 29.7 Å². The summed E-state index contributed by atoms with van der Waals surface area (Å²) >= 11 is 0. The van der Waals surface area contributed by atoms with E-state index in [-0.39, 0.29) is 0 Å². The van der Waals surface area contributed by atoms with Gasteiger partial charge < -0.3 is 0 Å². The molecule has 0 saturated carbocycles. The number of pyridine rings is 2. The van der Waals surface area contributed by atoms with Gasteiger partial charge in [-0.3, -0.25) is 9.97 Å². The third kappa shape index (κ3) is 3.66. The molecule has 18 heavy (non-hydrogen) atoms. The van der Waals surface area contributed by atoms with Crippen LogP contribution < -0.4 is 0 Å². The van der Waals surface area contributed by atoms with Crippen molar-refractivity contribution >= 4 is 0 Å². The van der Waals surface area contributed by atoms with Crippen molar-refractivity contribution in [1.82, 2.24) is 9.97 Å². The summed E-state index contributed by atoms with van der Waals surface area (Å²) in [5, 5.41) is 0. The number of hydrogen-bond acceptors (Lipinski definition) is 2. The van der Waals surface area contributed by atoms with Crippen LogP contribution in [0.15, 0.2) is 48.8 Å². The molecule has 2 nitrogen and oxygen atoms in total. The summed E-state index contributed by atoms with van der Waals surface area (Å²) < 4.78 is 0. The van der Waals surface area contributed by atoms with Crippen molar-refractivity contribution in [2.24, 2.45) is 0 Å². The lowest BCUT2D eigenvalue weighted by molar-refractivity contribution is 0.563. The van der Waals surface area contributed by atoms with Gasteiger partial charge in [-0.2, -0.15) is 0 Å². The Bertz CT molecular complexity index is 439. The van der Waals surface area contributed by atoms with E-state index in [0.29, 0.717) is 5.92 Å². The van der Waals surface area contributed by atoms with Crippen LogP contribution in [0, 0.1) is 0 Å². The molecule has 0 spiro atoms. The number of aromatic nitrogens is 2. The number of hydrogen-bond donors (Lipinski definition) is 0. The maximum Gasteiger partial charge on any atom is 0.0438 e. The highest BCUT2D eigenvalue weighted by molar-refractivity contribution is 5.14. The fraction of sp³-hybridized carbons (Fsp3) is 0.375. The minimum absolute atomic E-state index is 0.487. The Hall–Kier alpha value is -1.70. The van der Waals surface area contributed by atoms with Crippen molar-refractivity contribution in [3.05, 3.63) is 60.2 Å². The number of nitrogens with zero attached hydrogens (tertiary/aromatic N) is 2. The molecule has 0 aromatic carbocycles. The van der Waals surface area contributed by atoms with Gasteiger partial charge in [-0.1, -0.05) is 31.9 Å². The minimum atomic E-state index is 0.487. The summed E-state index contributed by atoms with van der Waals surface area (Å²) in [4.78, 5) is 8.92. The van der Waals surface area contributed by atoms with E-state index in [1.165, 1.54) is 25.0 Å². The average molecular weight is 240 g/mol. The van der Waals surface area contributed by atoms with E-state index in [2.05, 4.69) is 41.2 Å². The summed E-state index contributed by atoms with van der Waals surface area (Å²) in [6.07, 6.45) is 8.39. The van der Waals surface area contributed by atoms with E-state index in [0.717, 1.165) is 12.1 Å². The Balaban J connectivity index is 2.10. The first-order valence-corrected chi connectivity index (χ1v) is 6.71. The van der Waals surface area contributed by atoms with E-state index in [1.54, 1.807) is 0 Å². The van der Waals surface area contributed by atoms with Crippen molar-refractivity contribution < 1.29 is 0 Å². The summed E-state index contributed by atoms with van der Waals surface area (Å²) in [6, 6.07) is 12.3. The molecule has 0 aliphatic carbocycles. The topological polar surface area (TPSA) is 25.8 Å². The van der Waals surface area contributed by atoms with Crippen molar-refractivity contribution in [1.29, 1.82) is 0 Å². The highest BCUT2D eigenvalue weighted by Crippen LogP contribution is 2.23. The minimum Gasteiger partial charge on any atom is -0.261 e. The first-order chi connectivity index (χ1) is 8.90. The first kappa shape index (κ1) is 12.7. The Morgan fingerprint density at radius 3 is 2.39 bits per heavy atom. The van der Waals surface area contributed by atoms with Gasteiger partial charge in [0.2, 0.25) is 0 Å². The Morgan fingerprint density at radius 2 is 1.78 bits per heavy atom. The molecule has 0 fully saturated rings. The van der Waals surface area contributed by atoms with Crippen LogP contribution in [0.25, 0.3) is 0 Å². The lowest BCUT2D eigenvalue weighted by atomic mass is 9.93. The molecule has 94 valence electrons. The van der Waals surface area contributed by atoms with Crippen LogP contribution in [0.1, 0.15) is 43.5 Å². The Labute approximate surface area is 109 Å². The fourth-order valence-electron chi connectivity index (χ4n) is 2.19. The van der Waals surface area contributed by atoms with Gasteiger partial charge in [0.15, 0.2) is 0 Å². The SMILES string of the molecule is CCCCC(Cc1ccccn1)c1ccccn1. The van der Waals surface area contributed by atoms with E-state index >= 15 is 0 Å². The fourth-order valence-corrected chi connectivity index (χ4v) is 2.19. The molecule has 2 aromatic heterocycles. The summed E-state index contributed by atoms with van der Waals surface area (Å²) in [5.41, 5.74) is 2.35. The van der Waals surface area contributed by atoms with Crippen LogP contribution in [0.4, 0.5) is 0 Å². The summed E-state index contributed by atoms with van der Waals surface area (Å²) in [5.74, 6) is 0.487. The second kappa shape index (κ2) is 6.90. The maximum absolute atomic E-state index is 4.50. The van der Waals surface area contributed by atoms with Crippen LogP contribution in [0.2, 0.25) is 0 Å². The molecule has 2 rings (SSSR count). The highest BCUT2D eigenvalue weighted by Gasteiger charge is 2.13. The zero-order chi connectivity index (χ0) is 12.6. The van der Waals surface area contributed by atoms with E-state index < -0.39 is 0 Å². The van der Waals surface area contributed by atoms with Crippen LogP contribution in [0.3, 0.4) is 0 Å². The van der Waals surface area contributed by atoms with Crippen molar-refractivity contribution in [3.63, 3.8) is 0 Å². The van der Waals surface area contributed by atoms with Crippen LogP contribution >= 0.6 is 0 Å². The molecular weight excluding hydrogens is 220 g/mol. The Morgan fingerprint density at radius 1 is 1.00 bits per heavy atom. The van der Waals surface area contributed by atoms with Gasteiger partial charge in [-0.25, -0.2) is 0 Å². The first-order valence-electron chi connectivity index (χ1n) is 6.71. The molecule has 1 atom stereocenters. The van der Waals surface area contributed by atoms with Crippen molar-refractivity contribution in [2.45, 2.75) is 38.5 Å². The van der Waals surface area contributed by atoms with Crippen LogP contribution in [-0.2, 0) is 6.42 Å². The van der Waals surface area contributed by atoms with Gasteiger partial charge in [0.25, 0.3) is 0 Å². The molecule has 0 amide bonds. The zero-order valence-electron chi connectivity index (χ0n) is 10.9. The number of unbranched alkanes of at least 4 members (excludes halogenated alkanes) is 1. The normalized spacial score (nSPS) is 12.3. The predicted octanol–water partition coefficient (Wildman–Crippen LogP) is 3.99. The number of rotatable bonds is 6. The molecule has 0 saturated heterocycles. The molecule has 0 radical (unpaired) electrons. The van der Waals surface area contributed by atoms with E-state index in [1.807, 2.05) is 24.5 Å². The van der Waals surface area contributed by atoms with Gasteiger partial charge in [0.05, 0.1) is 0 Å². The van der Waals surface area contributed by atoms with E-state index in [9.17, 15) is 0 Å². The molecule has 0 bridgehead atoms. The predicted molar refractivity (Wildman–Crippen MR) is 74.4 cm³/mol. The van der Waals surface area contributed by atoms with Crippen LogP contribution in [-0.4, -0.2) is 9.97 Å². The Kier molecular flexibility index (Phi) is 4.88. The quantitative estimate of drug-likeness (QED) is 0.763. The zero-order valence-corrected chi connectivity index (χ0v) is 10.9. The summed E-state index contributed by atoms with van der Waals surface area (Å²) in [6.45, 7) is 2.23. The monoisotopic (exact) mass is 240 g/mol. The van der Waals surface area contributed by atoms with Gasteiger partial charge in [-0.05, 0) is 37.1 Å². The maximum atomic E-state index is 4.50. The molecule has 1 unspecified atom stereocenters. The van der Waals surface area contributed by atoms with Gasteiger partial charge in [-0.15, -0.1) is 0 Å². The second-order valence-corrected chi connectivity index (χ2v) is 4.62. The summed E-state index contributed by atoms with van der Waals surface area (Å²) in [7, 11) is 0. The van der Waals surface area contributed by atoms with Crippen molar-refractivity contribution in [2.75, 3.05) is 0 Å².